The number of para-hydroxylation sites is 1. The number of rotatable bonds is 7. The lowest BCUT2D eigenvalue weighted by molar-refractivity contribution is 0.669. The molecule has 0 aliphatic rings. The Labute approximate surface area is 330 Å². The highest BCUT2D eigenvalue weighted by Gasteiger charge is 2.19. The second kappa shape index (κ2) is 14.3. The van der Waals surface area contributed by atoms with Crippen LogP contribution in [0.5, 0.6) is 0 Å². The fourth-order valence-electron chi connectivity index (χ4n) is 7.88. The van der Waals surface area contributed by atoms with Gasteiger partial charge < -0.3 is 14.6 Å². The van der Waals surface area contributed by atoms with Crippen molar-refractivity contribution in [3.05, 3.63) is 205 Å². The lowest BCUT2D eigenvalue weighted by Gasteiger charge is -2.12. The average molecular weight is 736 g/mol. The van der Waals surface area contributed by atoms with Gasteiger partial charge in [0.2, 0.25) is 0 Å². The van der Waals surface area contributed by atoms with E-state index < -0.39 is 0 Å². The van der Waals surface area contributed by atoms with E-state index >= 15 is 0 Å². The molecule has 0 saturated carbocycles. The largest absolute Gasteiger partial charge is 0.456 e. The Balaban J connectivity index is 1.11. The van der Waals surface area contributed by atoms with Crippen molar-refractivity contribution in [1.82, 2.24) is 0 Å². The average Bonchev–Trinajstić information content (AvgIpc) is 3.85. The van der Waals surface area contributed by atoms with Gasteiger partial charge in [0.05, 0.1) is 6.04 Å². The summed E-state index contributed by atoms with van der Waals surface area (Å²) in [7, 11) is 0. The third-order valence-corrected chi connectivity index (χ3v) is 10.7. The van der Waals surface area contributed by atoms with Crippen molar-refractivity contribution in [1.29, 1.82) is 0 Å². The van der Waals surface area contributed by atoms with Crippen molar-refractivity contribution >= 4 is 55.5 Å². The standard InChI is InChI=1S/C52H37N3O2/c1-33(37-21-13-22-38(29-37)34-15-5-2-6-16-34)54-52(36-19-9-4-10-20-36)55-51(53)42-24-14-26-47-50(42)44-30-39(27-28-46(44)56-47)43-31-40(35-17-7-3-8-18-35)32-48-49(43)41-23-11-12-25-45(41)57-48/h2-33H,1H3,(H2,53,54,55). The zero-order valence-electron chi connectivity index (χ0n) is 31.3. The van der Waals surface area contributed by atoms with Crippen LogP contribution in [-0.2, 0) is 0 Å². The van der Waals surface area contributed by atoms with Crippen molar-refractivity contribution in [3.63, 3.8) is 0 Å². The van der Waals surface area contributed by atoms with Crippen LogP contribution in [0.4, 0.5) is 0 Å². The highest BCUT2D eigenvalue weighted by Crippen LogP contribution is 2.42. The van der Waals surface area contributed by atoms with Gasteiger partial charge >= 0.3 is 0 Å². The van der Waals surface area contributed by atoms with E-state index in [1.54, 1.807) is 0 Å². The summed E-state index contributed by atoms with van der Waals surface area (Å²) in [5.41, 5.74) is 19.6. The number of nitrogens with two attached hydrogens (primary N) is 1. The lowest BCUT2D eigenvalue weighted by atomic mass is 9.93. The van der Waals surface area contributed by atoms with E-state index in [0.29, 0.717) is 11.7 Å². The predicted octanol–water partition coefficient (Wildman–Crippen LogP) is 13.4. The van der Waals surface area contributed by atoms with Gasteiger partial charge in [-0.25, -0.2) is 4.99 Å². The van der Waals surface area contributed by atoms with Crippen molar-refractivity contribution in [2.75, 3.05) is 0 Å². The van der Waals surface area contributed by atoms with Gasteiger partial charge in [-0.05, 0) is 88.3 Å². The molecule has 2 N–H and O–H groups in total. The van der Waals surface area contributed by atoms with Crippen molar-refractivity contribution < 1.29 is 8.83 Å². The number of amidine groups is 2. The molecule has 0 aliphatic heterocycles. The molecule has 10 rings (SSSR count). The zero-order valence-corrected chi connectivity index (χ0v) is 31.3. The fourth-order valence-corrected chi connectivity index (χ4v) is 7.88. The Morgan fingerprint density at radius 2 is 1.11 bits per heavy atom. The number of benzene rings is 8. The van der Waals surface area contributed by atoms with E-state index in [-0.39, 0.29) is 6.04 Å². The molecule has 57 heavy (non-hydrogen) atoms. The molecule has 2 heterocycles. The molecule has 1 atom stereocenters. The molecule has 0 amide bonds. The lowest BCUT2D eigenvalue weighted by Crippen LogP contribution is -2.17. The van der Waals surface area contributed by atoms with Crippen molar-refractivity contribution in [3.8, 4) is 33.4 Å². The number of fused-ring (bicyclic) bond motifs is 6. The summed E-state index contributed by atoms with van der Waals surface area (Å²) in [5, 5.41) is 4.00. The Kier molecular flexibility index (Phi) is 8.53. The molecule has 5 heteroatoms. The van der Waals surface area contributed by atoms with E-state index in [1.807, 2.05) is 78.9 Å². The maximum atomic E-state index is 7.04. The van der Waals surface area contributed by atoms with Crippen LogP contribution in [-0.4, -0.2) is 11.7 Å². The number of hydrogen-bond acceptors (Lipinski definition) is 3. The minimum Gasteiger partial charge on any atom is -0.456 e. The number of nitrogens with zero attached hydrogens (tertiary/aromatic N) is 2. The second-order valence-electron chi connectivity index (χ2n) is 14.3. The maximum Gasteiger partial charge on any atom is 0.157 e. The Bertz CT molecular complexity index is 3140. The van der Waals surface area contributed by atoms with Gasteiger partial charge in [-0.2, -0.15) is 0 Å². The van der Waals surface area contributed by atoms with Crippen molar-refractivity contribution in [2.45, 2.75) is 13.0 Å². The molecule has 0 aliphatic carbocycles. The first-order valence-electron chi connectivity index (χ1n) is 19.2. The first kappa shape index (κ1) is 34.0. The molecule has 10 aromatic rings. The molecular weight excluding hydrogens is 699 g/mol. The van der Waals surface area contributed by atoms with Gasteiger partial charge in [0.1, 0.15) is 28.2 Å². The molecule has 0 fully saturated rings. The van der Waals surface area contributed by atoms with Gasteiger partial charge in [-0.1, -0.05) is 146 Å². The van der Waals surface area contributed by atoms with Crippen LogP contribution in [0.3, 0.4) is 0 Å². The topological polar surface area (TPSA) is 77.0 Å². The van der Waals surface area contributed by atoms with E-state index in [2.05, 4.69) is 116 Å². The van der Waals surface area contributed by atoms with Crippen molar-refractivity contribution in [2.24, 2.45) is 15.7 Å². The summed E-state index contributed by atoms with van der Waals surface area (Å²) in [4.78, 5) is 10.3. The van der Waals surface area contributed by atoms with Crippen LogP contribution in [0.2, 0.25) is 0 Å². The number of aliphatic imine (C=N–C) groups is 2. The highest BCUT2D eigenvalue weighted by molar-refractivity contribution is 6.21. The Morgan fingerprint density at radius 3 is 1.89 bits per heavy atom. The van der Waals surface area contributed by atoms with Gasteiger partial charge in [0.25, 0.3) is 0 Å². The van der Waals surface area contributed by atoms with E-state index in [9.17, 15) is 0 Å². The molecule has 5 nitrogen and oxygen atoms in total. The van der Waals surface area contributed by atoms with Crippen LogP contribution >= 0.6 is 0 Å². The minimum atomic E-state index is -0.184. The van der Waals surface area contributed by atoms with E-state index in [4.69, 9.17) is 24.6 Å². The molecule has 2 aromatic heterocycles. The third-order valence-electron chi connectivity index (χ3n) is 10.7. The van der Waals surface area contributed by atoms with E-state index in [0.717, 1.165) is 93.9 Å². The highest BCUT2D eigenvalue weighted by atomic mass is 16.3. The van der Waals surface area contributed by atoms with E-state index in [1.165, 1.54) is 0 Å². The summed E-state index contributed by atoms with van der Waals surface area (Å²) >= 11 is 0. The smallest absolute Gasteiger partial charge is 0.157 e. The number of furan rings is 2. The second-order valence-corrected chi connectivity index (χ2v) is 14.3. The quantitative estimate of drug-likeness (QED) is 0.131. The zero-order chi connectivity index (χ0) is 38.3. The Hall–Kier alpha value is -7.50. The van der Waals surface area contributed by atoms with Gasteiger partial charge in [-0.3, -0.25) is 4.99 Å². The van der Waals surface area contributed by atoms with Crippen LogP contribution in [0.25, 0.3) is 77.3 Å². The summed E-state index contributed by atoms with van der Waals surface area (Å²) in [6.45, 7) is 2.09. The maximum absolute atomic E-state index is 7.04. The normalized spacial score (nSPS) is 12.9. The summed E-state index contributed by atoms with van der Waals surface area (Å²) in [5.74, 6) is 0.916. The number of hydrogen-bond donors (Lipinski definition) is 1. The molecule has 0 radical (unpaired) electrons. The summed E-state index contributed by atoms with van der Waals surface area (Å²) < 4.78 is 12.9. The summed E-state index contributed by atoms with van der Waals surface area (Å²) in [6.07, 6.45) is 0. The van der Waals surface area contributed by atoms with Gasteiger partial charge in [0, 0.05) is 32.7 Å². The minimum absolute atomic E-state index is 0.184. The molecule has 1 unspecified atom stereocenters. The Morgan fingerprint density at radius 1 is 0.474 bits per heavy atom. The first-order valence-corrected chi connectivity index (χ1v) is 19.2. The summed E-state index contributed by atoms with van der Waals surface area (Å²) in [6, 6.07) is 64.1. The van der Waals surface area contributed by atoms with Crippen LogP contribution < -0.4 is 5.73 Å². The van der Waals surface area contributed by atoms with Crippen LogP contribution in [0, 0.1) is 0 Å². The van der Waals surface area contributed by atoms with Gasteiger partial charge in [0.15, 0.2) is 5.84 Å². The van der Waals surface area contributed by atoms with Gasteiger partial charge in [-0.15, -0.1) is 0 Å². The molecule has 8 aromatic carbocycles. The first-order chi connectivity index (χ1) is 28.1. The predicted molar refractivity (Wildman–Crippen MR) is 236 cm³/mol. The molecule has 0 bridgehead atoms. The third kappa shape index (κ3) is 6.35. The molecule has 0 spiro atoms. The monoisotopic (exact) mass is 735 g/mol. The molecular formula is C52H37N3O2. The SMILES string of the molecule is CC(N=C(N=C(N)c1cccc2oc3ccc(-c4cc(-c5ccccc5)cc5oc6ccccc6c45)cc3c12)c1ccccc1)c1cccc(-c2ccccc2)c1. The fraction of sp³-hybridized carbons (Fsp3) is 0.0385. The molecule has 0 saturated heterocycles. The van der Waals surface area contributed by atoms with Crippen LogP contribution in [0.15, 0.2) is 207 Å². The van der Waals surface area contributed by atoms with Crippen LogP contribution in [0.1, 0.15) is 29.7 Å². The molecule has 272 valence electrons.